The molecule has 0 bridgehead atoms. The van der Waals surface area contributed by atoms with Gasteiger partial charge >= 0.3 is 0 Å². The molecule has 0 N–H and O–H groups in total. The molecule has 1 aliphatic heterocycles. The predicted octanol–water partition coefficient (Wildman–Crippen LogP) is 3.64. The molecule has 3 rings (SSSR count). The highest BCUT2D eigenvalue weighted by molar-refractivity contribution is 5.34. The Hall–Kier alpha value is -1.80. The third-order valence-corrected chi connectivity index (χ3v) is 3.63. The molecule has 19 heavy (non-hydrogen) atoms. The summed E-state index contributed by atoms with van der Waals surface area (Å²) in [5.74, 6) is 1.02. The lowest BCUT2D eigenvalue weighted by Crippen LogP contribution is -2.25. The number of benzene rings is 2. The molecular formula is C17H19NO. The fraction of sp³-hybridized carbons (Fsp3) is 0.294. The third-order valence-electron chi connectivity index (χ3n) is 3.63. The molecule has 1 heterocycles. The van der Waals surface area contributed by atoms with E-state index in [9.17, 15) is 0 Å². The molecule has 1 unspecified atom stereocenters. The zero-order valence-corrected chi connectivity index (χ0v) is 11.3. The molecule has 0 saturated heterocycles. The second kappa shape index (κ2) is 5.45. The first-order valence-corrected chi connectivity index (χ1v) is 6.81. The van der Waals surface area contributed by atoms with Crippen LogP contribution in [-0.4, -0.2) is 18.5 Å². The molecule has 2 aromatic carbocycles. The van der Waals surface area contributed by atoms with Crippen molar-refractivity contribution in [2.24, 2.45) is 0 Å². The number of ether oxygens (including phenoxy) is 1. The molecule has 1 atom stereocenters. The maximum atomic E-state index is 6.24. The lowest BCUT2D eigenvalue weighted by Gasteiger charge is -2.28. The number of fused-ring (bicyclic) bond motifs is 1. The molecule has 0 spiro atoms. The number of nitrogens with zero attached hydrogens (tertiary/aromatic N) is 1. The SMILES string of the molecule is CN1CCC(c2ccccc2)Oc2ccccc2C1. The van der Waals surface area contributed by atoms with E-state index < -0.39 is 0 Å². The molecule has 2 nitrogen and oxygen atoms in total. The molecule has 2 aromatic rings. The highest BCUT2D eigenvalue weighted by Crippen LogP contribution is 2.30. The van der Waals surface area contributed by atoms with Gasteiger partial charge in [0.25, 0.3) is 0 Å². The summed E-state index contributed by atoms with van der Waals surface area (Å²) < 4.78 is 6.24. The van der Waals surface area contributed by atoms with Crippen LogP contribution in [0.25, 0.3) is 0 Å². The standard InChI is InChI=1S/C17H19NO/c1-18-12-11-17(14-7-3-2-4-8-14)19-16-10-6-5-9-15(16)13-18/h2-10,17H,11-13H2,1H3. The van der Waals surface area contributed by atoms with Gasteiger partial charge in [-0.15, -0.1) is 0 Å². The second-order valence-electron chi connectivity index (χ2n) is 5.15. The number of hydrogen-bond acceptors (Lipinski definition) is 2. The van der Waals surface area contributed by atoms with Crippen LogP contribution in [0.4, 0.5) is 0 Å². The minimum absolute atomic E-state index is 0.144. The van der Waals surface area contributed by atoms with Crippen LogP contribution in [0, 0.1) is 0 Å². The minimum atomic E-state index is 0.144. The van der Waals surface area contributed by atoms with Crippen molar-refractivity contribution in [3.8, 4) is 5.75 Å². The van der Waals surface area contributed by atoms with Gasteiger partial charge in [0.15, 0.2) is 0 Å². The van der Waals surface area contributed by atoms with Crippen LogP contribution in [-0.2, 0) is 6.54 Å². The van der Waals surface area contributed by atoms with E-state index in [1.54, 1.807) is 0 Å². The Morgan fingerprint density at radius 2 is 1.74 bits per heavy atom. The van der Waals surface area contributed by atoms with Gasteiger partial charge in [-0.3, -0.25) is 0 Å². The molecular weight excluding hydrogens is 234 g/mol. The molecule has 0 saturated carbocycles. The largest absolute Gasteiger partial charge is 0.485 e. The van der Waals surface area contributed by atoms with E-state index in [2.05, 4.69) is 54.4 Å². The van der Waals surface area contributed by atoms with Crippen LogP contribution in [0.1, 0.15) is 23.7 Å². The quantitative estimate of drug-likeness (QED) is 0.769. The van der Waals surface area contributed by atoms with Gasteiger partial charge in [-0.05, 0) is 18.7 Å². The number of para-hydroxylation sites is 1. The summed E-state index contributed by atoms with van der Waals surface area (Å²) in [6, 6.07) is 18.8. The first kappa shape index (κ1) is 12.2. The van der Waals surface area contributed by atoms with Gasteiger partial charge in [-0.1, -0.05) is 48.5 Å². The molecule has 0 fully saturated rings. The summed E-state index contributed by atoms with van der Waals surface area (Å²) >= 11 is 0. The Labute approximate surface area is 114 Å². The number of hydrogen-bond donors (Lipinski definition) is 0. The van der Waals surface area contributed by atoms with Crippen molar-refractivity contribution in [2.75, 3.05) is 13.6 Å². The highest BCUT2D eigenvalue weighted by atomic mass is 16.5. The second-order valence-corrected chi connectivity index (χ2v) is 5.15. The van der Waals surface area contributed by atoms with E-state index in [4.69, 9.17) is 4.74 Å². The summed E-state index contributed by atoms with van der Waals surface area (Å²) in [7, 11) is 2.17. The lowest BCUT2D eigenvalue weighted by molar-refractivity contribution is 0.154. The summed E-state index contributed by atoms with van der Waals surface area (Å²) in [4.78, 5) is 2.36. The number of rotatable bonds is 1. The fourth-order valence-electron chi connectivity index (χ4n) is 2.57. The normalized spacial score (nSPS) is 19.9. The van der Waals surface area contributed by atoms with E-state index >= 15 is 0 Å². The van der Waals surface area contributed by atoms with Gasteiger partial charge in [0.1, 0.15) is 11.9 Å². The average molecular weight is 253 g/mol. The summed E-state index contributed by atoms with van der Waals surface area (Å²) in [6.07, 6.45) is 1.17. The first-order valence-electron chi connectivity index (χ1n) is 6.81. The summed E-state index contributed by atoms with van der Waals surface area (Å²) in [5.41, 5.74) is 2.53. The lowest BCUT2D eigenvalue weighted by atomic mass is 10.0. The molecule has 2 heteroatoms. The van der Waals surface area contributed by atoms with Gasteiger partial charge in [0, 0.05) is 25.1 Å². The van der Waals surface area contributed by atoms with E-state index in [0.717, 1.165) is 25.3 Å². The van der Waals surface area contributed by atoms with Crippen LogP contribution >= 0.6 is 0 Å². The van der Waals surface area contributed by atoms with Crippen LogP contribution in [0.5, 0.6) is 5.75 Å². The Morgan fingerprint density at radius 3 is 2.58 bits per heavy atom. The van der Waals surface area contributed by atoms with Crippen LogP contribution in [0.15, 0.2) is 54.6 Å². The molecule has 0 aliphatic carbocycles. The third kappa shape index (κ3) is 2.79. The fourth-order valence-corrected chi connectivity index (χ4v) is 2.57. The van der Waals surface area contributed by atoms with Gasteiger partial charge in [0.2, 0.25) is 0 Å². The topological polar surface area (TPSA) is 12.5 Å². The van der Waals surface area contributed by atoms with E-state index in [0.29, 0.717) is 0 Å². The van der Waals surface area contributed by atoms with Crippen molar-refractivity contribution in [3.05, 3.63) is 65.7 Å². The van der Waals surface area contributed by atoms with Crippen LogP contribution in [0.3, 0.4) is 0 Å². The minimum Gasteiger partial charge on any atom is -0.485 e. The van der Waals surface area contributed by atoms with Crippen molar-refractivity contribution >= 4 is 0 Å². The molecule has 1 aliphatic rings. The van der Waals surface area contributed by atoms with E-state index in [-0.39, 0.29) is 6.10 Å². The van der Waals surface area contributed by atoms with Crippen LogP contribution in [0.2, 0.25) is 0 Å². The van der Waals surface area contributed by atoms with Gasteiger partial charge in [0.05, 0.1) is 0 Å². The smallest absolute Gasteiger partial charge is 0.125 e. The maximum Gasteiger partial charge on any atom is 0.125 e. The van der Waals surface area contributed by atoms with Crippen molar-refractivity contribution in [1.29, 1.82) is 0 Å². The molecule has 0 amide bonds. The van der Waals surface area contributed by atoms with Crippen molar-refractivity contribution in [2.45, 2.75) is 19.1 Å². The van der Waals surface area contributed by atoms with Crippen molar-refractivity contribution < 1.29 is 4.74 Å². The van der Waals surface area contributed by atoms with E-state index in [1.807, 2.05) is 12.1 Å². The Bertz CT molecular complexity index is 538. The zero-order chi connectivity index (χ0) is 13.1. The predicted molar refractivity (Wildman–Crippen MR) is 77.2 cm³/mol. The van der Waals surface area contributed by atoms with Gasteiger partial charge in [-0.25, -0.2) is 0 Å². The van der Waals surface area contributed by atoms with E-state index in [1.165, 1.54) is 11.1 Å². The zero-order valence-electron chi connectivity index (χ0n) is 11.3. The van der Waals surface area contributed by atoms with Crippen molar-refractivity contribution in [3.63, 3.8) is 0 Å². The maximum absolute atomic E-state index is 6.24. The molecule has 98 valence electrons. The Balaban J connectivity index is 1.93. The monoisotopic (exact) mass is 253 g/mol. The molecule has 0 radical (unpaired) electrons. The summed E-state index contributed by atoms with van der Waals surface area (Å²) in [5, 5.41) is 0. The average Bonchev–Trinajstić information content (AvgIpc) is 2.44. The highest BCUT2D eigenvalue weighted by Gasteiger charge is 2.19. The Kier molecular flexibility index (Phi) is 3.51. The van der Waals surface area contributed by atoms with Crippen LogP contribution < -0.4 is 4.74 Å². The first-order chi connectivity index (χ1) is 9.33. The van der Waals surface area contributed by atoms with Crippen molar-refractivity contribution in [1.82, 2.24) is 4.90 Å². The summed E-state index contributed by atoms with van der Waals surface area (Å²) in [6.45, 7) is 2.01. The Morgan fingerprint density at radius 1 is 1.00 bits per heavy atom. The van der Waals surface area contributed by atoms with Gasteiger partial charge < -0.3 is 9.64 Å². The van der Waals surface area contributed by atoms with Gasteiger partial charge in [-0.2, -0.15) is 0 Å². The molecule has 0 aromatic heterocycles.